The van der Waals surface area contributed by atoms with E-state index in [2.05, 4.69) is 0 Å². The topological polar surface area (TPSA) is 80.5 Å². The van der Waals surface area contributed by atoms with E-state index in [1.807, 2.05) is 12.1 Å². The second-order valence-electron chi connectivity index (χ2n) is 5.67. The molecule has 1 aromatic carbocycles. The average Bonchev–Trinajstić information content (AvgIpc) is 2.70. The van der Waals surface area contributed by atoms with Gasteiger partial charge in [-0.2, -0.15) is 0 Å². The molecule has 1 fully saturated rings. The van der Waals surface area contributed by atoms with E-state index in [9.17, 15) is 14.4 Å². The molecule has 1 aromatic rings. The number of nitrogens with two attached hydrogens (primary N) is 1. The quantitative estimate of drug-likeness (QED) is 0.654. The van der Waals surface area contributed by atoms with E-state index in [-0.39, 0.29) is 23.9 Å². The maximum atomic E-state index is 12.6. The zero-order valence-corrected chi connectivity index (χ0v) is 11.8. The van der Waals surface area contributed by atoms with E-state index in [0.29, 0.717) is 37.9 Å². The summed E-state index contributed by atoms with van der Waals surface area (Å²) in [7, 11) is 0. The molecule has 0 radical (unpaired) electrons. The maximum absolute atomic E-state index is 12.6. The lowest BCUT2D eigenvalue weighted by atomic mass is 10.0. The minimum absolute atomic E-state index is 0.0192. The Labute approximate surface area is 123 Å². The molecule has 2 N–H and O–H groups in total. The van der Waals surface area contributed by atoms with Gasteiger partial charge in [-0.05, 0) is 30.0 Å². The fourth-order valence-electron chi connectivity index (χ4n) is 3.25. The second-order valence-corrected chi connectivity index (χ2v) is 5.67. The van der Waals surface area contributed by atoms with Crippen LogP contribution in [-0.2, 0) is 22.7 Å². The van der Waals surface area contributed by atoms with Gasteiger partial charge in [-0.3, -0.25) is 14.4 Å². The summed E-state index contributed by atoms with van der Waals surface area (Å²) in [6.07, 6.45) is 1.63. The zero-order chi connectivity index (χ0) is 15.0. The van der Waals surface area contributed by atoms with Crippen molar-refractivity contribution in [2.75, 3.05) is 0 Å². The Morgan fingerprint density at radius 1 is 1.24 bits per heavy atom. The molecule has 1 atom stereocenters. The normalized spacial score (nSPS) is 22.4. The van der Waals surface area contributed by atoms with Gasteiger partial charge in [0.15, 0.2) is 5.78 Å². The van der Waals surface area contributed by atoms with Crippen LogP contribution in [0.2, 0.25) is 0 Å². The Morgan fingerprint density at radius 2 is 2.05 bits per heavy atom. The van der Waals surface area contributed by atoms with Crippen LogP contribution >= 0.6 is 0 Å². The number of amides is 1. The van der Waals surface area contributed by atoms with Gasteiger partial charge >= 0.3 is 0 Å². The highest BCUT2D eigenvalue weighted by molar-refractivity contribution is 6.06. The van der Waals surface area contributed by atoms with Crippen molar-refractivity contribution in [3.63, 3.8) is 0 Å². The van der Waals surface area contributed by atoms with E-state index in [0.717, 1.165) is 11.1 Å². The van der Waals surface area contributed by atoms with E-state index >= 15 is 0 Å². The van der Waals surface area contributed by atoms with Gasteiger partial charge < -0.3 is 10.6 Å². The number of hydrogen-bond acceptors (Lipinski definition) is 4. The number of hydrogen-bond donors (Lipinski definition) is 1. The third-order valence-corrected chi connectivity index (χ3v) is 4.37. The van der Waals surface area contributed by atoms with E-state index in [4.69, 9.17) is 5.73 Å². The lowest BCUT2D eigenvalue weighted by Gasteiger charge is -2.25. The molecule has 0 unspecified atom stereocenters. The van der Waals surface area contributed by atoms with Crippen molar-refractivity contribution in [1.29, 1.82) is 0 Å². The van der Waals surface area contributed by atoms with E-state index in [1.165, 1.54) is 0 Å². The van der Waals surface area contributed by atoms with Gasteiger partial charge in [0, 0.05) is 25.1 Å². The lowest BCUT2D eigenvalue weighted by Crippen LogP contribution is -2.41. The Kier molecular flexibility index (Phi) is 3.59. The van der Waals surface area contributed by atoms with Gasteiger partial charge in [-0.1, -0.05) is 12.1 Å². The molecule has 0 aromatic heterocycles. The molecule has 110 valence electrons. The van der Waals surface area contributed by atoms with Crippen molar-refractivity contribution in [3.05, 3.63) is 34.9 Å². The van der Waals surface area contributed by atoms with Gasteiger partial charge in [0.25, 0.3) is 5.91 Å². The van der Waals surface area contributed by atoms with Crippen LogP contribution in [0.5, 0.6) is 0 Å². The highest BCUT2D eigenvalue weighted by Gasteiger charge is 2.38. The lowest BCUT2D eigenvalue weighted by molar-refractivity contribution is -0.128. The van der Waals surface area contributed by atoms with Crippen molar-refractivity contribution in [2.45, 2.75) is 44.8 Å². The van der Waals surface area contributed by atoms with E-state index in [1.54, 1.807) is 11.0 Å². The number of carbonyl (C=O) groups is 3. The summed E-state index contributed by atoms with van der Waals surface area (Å²) in [5.41, 5.74) is 8.23. The molecular weight excluding hydrogens is 268 g/mol. The zero-order valence-electron chi connectivity index (χ0n) is 11.8. The van der Waals surface area contributed by atoms with Gasteiger partial charge in [0.2, 0.25) is 0 Å². The molecule has 21 heavy (non-hydrogen) atoms. The third kappa shape index (κ3) is 2.38. The summed E-state index contributed by atoms with van der Waals surface area (Å²) in [4.78, 5) is 37.9. The number of ketones is 2. The number of benzene rings is 1. The SMILES string of the molecule is NCc1cccc2c1CN([C@H]1CCCC(=O)CC1=O)C2=O. The van der Waals surface area contributed by atoms with Crippen LogP contribution in [0, 0.1) is 0 Å². The molecule has 1 aliphatic heterocycles. The van der Waals surface area contributed by atoms with Crippen LogP contribution in [0.15, 0.2) is 18.2 Å². The van der Waals surface area contributed by atoms with Crippen LogP contribution in [0.3, 0.4) is 0 Å². The molecule has 0 saturated heterocycles. The smallest absolute Gasteiger partial charge is 0.255 e. The highest BCUT2D eigenvalue weighted by atomic mass is 16.2. The number of rotatable bonds is 2. The van der Waals surface area contributed by atoms with Crippen LogP contribution in [-0.4, -0.2) is 28.4 Å². The fourth-order valence-corrected chi connectivity index (χ4v) is 3.25. The number of Topliss-reactive ketones (excluding diaryl/α,β-unsaturated/α-hetero) is 2. The number of fused-ring (bicyclic) bond motifs is 1. The molecular formula is C16H18N2O3. The Hall–Kier alpha value is -2.01. The largest absolute Gasteiger partial charge is 0.326 e. The second kappa shape index (κ2) is 5.41. The molecule has 5 heteroatoms. The molecule has 0 spiro atoms. The van der Waals surface area contributed by atoms with Crippen molar-refractivity contribution < 1.29 is 14.4 Å². The first kappa shape index (κ1) is 13.9. The van der Waals surface area contributed by atoms with Gasteiger partial charge in [0.05, 0.1) is 12.5 Å². The van der Waals surface area contributed by atoms with Crippen molar-refractivity contribution in [3.8, 4) is 0 Å². The predicted molar refractivity (Wildman–Crippen MR) is 76.5 cm³/mol. The van der Waals surface area contributed by atoms with Gasteiger partial charge in [-0.15, -0.1) is 0 Å². The highest BCUT2D eigenvalue weighted by Crippen LogP contribution is 2.30. The average molecular weight is 286 g/mol. The number of carbonyl (C=O) groups excluding carboxylic acids is 3. The summed E-state index contributed by atoms with van der Waals surface area (Å²) < 4.78 is 0. The molecule has 1 amide bonds. The predicted octanol–water partition coefficient (Wildman–Crippen LogP) is 1.18. The third-order valence-electron chi connectivity index (χ3n) is 4.37. The Bertz CT molecular complexity index is 624. The van der Waals surface area contributed by atoms with Crippen molar-refractivity contribution in [2.24, 2.45) is 5.73 Å². The summed E-state index contributed by atoms with van der Waals surface area (Å²) in [6.45, 7) is 0.799. The Morgan fingerprint density at radius 3 is 2.81 bits per heavy atom. The maximum Gasteiger partial charge on any atom is 0.255 e. The first-order valence-electron chi connectivity index (χ1n) is 7.28. The monoisotopic (exact) mass is 286 g/mol. The van der Waals surface area contributed by atoms with E-state index < -0.39 is 6.04 Å². The summed E-state index contributed by atoms with van der Waals surface area (Å²) in [5.74, 6) is -0.268. The molecule has 0 bridgehead atoms. The van der Waals surface area contributed by atoms with Crippen LogP contribution in [0.25, 0.3) is 0 Å². The number of nitrogens with zero attached hydrogens (tertiary/aromatic N) is 1. The molecule has 5 nitrogen and oxygen atoms in total. The van der Waals surface area contributed by atoms with Crippen molar-refractivity contribution >= 4 is 17.5 Å². The van der Waals surface area contributed by atoms with Crippen LogP contribution < -0.4 is 5.73 Å². The van der Waals surface area contributed by atoms with Crippen LogP contribution in [0.4, 0.5) is 0 Å². The molecule has 3 rings (SSSR count). The molecule has 2 aliphatic rings. The van der Waals surface area contributed by atoms with Gasteiger partial charge in [-0.25, -0.2) is 0 Å². The minimum atomic E-state index is -0.470. The molecule has 1 saturated carbocycles. The summed E-state index contributed by atoms with van der Waals surface area (Å²) in [6, 6.07) is 5.04. The molecule has 1 aliphatic carbocycles. The fraction of sp³-hybridized carbons (Fsp3) is 0.438. The minimum Gasteiger partial charge on any atom is -0.326 e. The first-order chi connectivity index (χ1) is 10.1. The summed E-state index contributed by atoms with van der Waals surface area (Å²) >= 11 is 0. The Balaban J connectivity index is 1.90. The van der Waals surface area contributed by atoms with Crippen molar-refractivity contribution in [1.82, 2.24) is 4.90 Å². The molecule has 1 heterocycles. The van der Waals surface area contributed by atoms with Gasteiger partial charge in [0.1, 0.15) is 5.78 Å². The van der Waals surface area contributed by atoms with Crippen LogP contribution in [0.1, 0.15) is 47.2 Å². The summed E-state index contributed by atoms with van der Waals surface area (Å²) in [5, 5.41) is 0. The standard InChI is InChI=1S/C16H18N2O3/c17-8-10-3-1-5-12-13(10)9-18(16(12)21)14-6-2-4-11(19)7-15(14)20/h1,3,5,14H,2,4,6-9,17H2/t14-/m0/s1. The first-order valence-corrected chi connectivity index (χ1v) is 7.28.